The second kappa shape index (κ2) is 6.32. The van der Waals surface area contributed by atoms with Crippen LogP contribution in [0.3, 0.4) is 0 Å². The van der Waals surface area contributed by atoms with E-state index < -0.39 is 0 Å². The lowest BCUT2D eigenvalue weighted by Gasteiger charge is -2.12. The van der Waals surface area contributed by atoms with E-state index in [9.17, 15) is 4.79 Å². The van der Waals surface area contributed by atoms with E-state index in [0.29, 0.717) is 13.1 Å². The average Bonchev–Trinajstić information content (AvgIpc) is 2.26. The summed E-state index contributed by atoms with van der Waals surface area (Å²) in [6.45, 7) is 1.19. The molecule has 16 heavy (non-hydrogen) atoms. The summed E-state index contributed by atoms with van der Waals surface area (Å²) in [4.78, 5) is 16.8. The maximum atomic E-state index is 11.2. The molecule has 0 aliphatic rings. The Bertz CT molecular complexity index is 356. The van der Waals surface area contributed by atoms with Gasteiger partial charge in [-0.2, -0.15) is 0 Å². The fourth-order valence-corrected chi connectivity index (χ4v) is 1.42. The van der Waals surface area contributed by atoms with Crippen LogP contribution in [0, 0.1) is 0 Å². The minimum atomic E-state index is -0.0955. The largest absolute Gasteiger partial charge is 0.367 e. The monoisotopic (exact) mass is 286 g/mol. The molecule has 0 spiro atoms. The van der Waals surface area contributed by atoms with Gasteiger partial charge in [-0.05, 0) is 28.1 Å². The van der Waals surface area contributed by atoms with E-state index >= 15 is 0 Å². The fourth-order valence-electron chi connectivity index (χ4n) is 1.02. The zero-order valence-corrected chi connectivity index (χ0v) is 10.9. The summed E-state index contributed by atoms with van der Waals surface area (Å²) in [5.41, 5.74) is 0. The molecule has 0 radical (unpaired) electrons. The maximum absolute atomic E-state index is 11.2. The van der Waals surface area contributed by atoms with Crippen molar-refractivity contribution >= 4 is 27.8 Å². The number of aromatic nitrogens is 1. The Labute approximate surface area is 103 Å². The molecule has 0 atom stereocenters. The molecule has 6 heteroatoms. The van der Waals surface area contributed by atoms with Crippen molar-refractivity contribution in [1.29, 1.82) is 0 Å². The molecule has 1 aromatic heterocycles. The molecule has 1 rings (SSSR count). The number of urea groups is 1. The van der Waals surface area contributed by atoms with Crippen LogP contribution >= 0.6 is 15.9 Å². The molecule has 1 aromatic rings. The van der Waals surface area contributed by atoms with Crippen LogP contribution in [0.5, 0.6) is 0 Å². The standard InChI is InChI=1S/C10H15BrN4O/c1-15(2)10(16)14-7-6-13-9-8(11)4-3-5-12-9/h3-5H,6-7H2,1-2H3,(H,12,13)(H,14,16). The Morgan fingerprint density at radius 2 is 2.25 bits per heavy atom. The average molecular weight is 287 g/mol. The normalized spacial score (nSPS) is 9.69. The van der Waals surface area contributed by atoms with Crippen molar-refractivity contribution in [1.82, 2.24) is 15.2 Å². The molecule has 2 amide bonds. The molecule has 88 valence electrons. The van der Waals surface area contributed by atoms with Gasteiger partial charge in [0.25, 0.3) is 0 Å². The number of nitrogens with one attached hydrogen (secondary N) is 2. The molecule has 2 N–H and O–H groups in total. The van der Waals surface area contributed by atoms with Crippen LogP contribution in [-0.4, -0.2) is 43.1 Å². The quantitative estimate of drug-likeness (QED) is 0.826. The second-order valence-corrected chi connectivity index (χ2v) is 4.24. The molecule has 0 aliphatic carbocycles. The summed E-state index contributed by atoms with van der Waals surface area (Å²) >= 11 is 3.38. The Morgan fingerprint density at radius 1 is 1.50 bits per heavy atom. The SMILES string of the molecule is CN(C)C(=O)NCCNc1ncccc1Br. The van der Waals surface area contributed by atoms with Gasteiger partial charge in [0.05, 0.1) is 4.47 Å². The Morgan fingerprint density at radius 3 is 2.88 bits per heavy atom. The second-order valence-electron chi connectivity index (χ2n) is 3.39. The molecule has 0 unspecified atom stereocenters. The van der Waals surface area contributed by atoms with Gasteiger partial charge >= 0.3 is 6.03 Å². The van der Waals surface area contributed by atoms with E-state index in [1.807, 2.05) is 12.1 Å². The molecule has 0 aliphatic heterocycles. The number of amides is 2. The number of carbonyl (C=O) groups is 1. The molecule has 1 heterocycles. The summed E-state index contributed by atoms with van der Waals surface area (Å²) in [5.74, 6) is 0.779. The van der Waals surface area contributed by atoms with Crippen LogP contribution in [0.25, 0.3) is 0 Å². The van der Waals surface area contributed by atoms with E-state index in [1.54, 1.807) is 20.3 Å². The van der Waals surface area contributed by atoms with Crippen LogP contribution < -0.4 is 10.6 Å². The van der Waals surface area contributed by atoms with Gasteiger partial charge in [-0.25, -0.2) is 9.78 Å². The van der Waals surface area contributed by atoms with Crippen LogP contribution in [0.1, 0.15) is 0 Å². The molecular weight excluding hydrogens is 272 g/mol. The number of hydrogen-bond acceptors (Lipinski definition) is 3. The molecule has 0 bridgehead atoms. The van der Waals surface area contributed by atoms with Gasteiger partial charge in [0.2, 0.25) is 0 Å². The van der Waals surface area contributed by atoms with Crippen molar-refractivity contribution in [3.8, 4) is 0 Å². The molecule has 0 aromatic carbocycles. The Hall–Kier alpha value is -1.30. The van der Waals surface area contributed by atoms with Crippen molar-refractivity contribution in [2.75, 3.05) is 32.5 Å². The van der Waals surface area contributed by atoms with E-state index in [2.05, 4.69) is 31.5 Å². The minimum absolute atomic E-state index is 0.0955. The van der Waals surface area contributed by atoms with Gasteiger partial charge in [-0.1, -0.05) is 0 Å². The lowest BCUT2D eigenvalue weighted by atomic mass is 10.4. The predicted molar refractivity (Wildman–Crippen MR) is 67.5 cm³/mol. The molecule has 0 saturated heterocycles. The first-order valence-corrected chi connectivity index (χ1v) is 5.70. The van der Waals surface area contributed by atoms with Crippen LogP contribution in [0.4, 0.5) is 10.6 Å². The lowest BCUT2D eigenvalue weighted by molar-refractivity contribution is 0.218. The lowest BCUT2D eigenvalue weighted by Crippen LogP contribution is -2.37. The number of halogens is 1. The van der Waals surface area contributed by atoms with Gasteiger partial charge in [-0.3, -0.25) is 0 Å². The van der Waals surface area contributed by atoms with Gasteiger partial charge in [0.1, 0.15) is 5.82 Å². The third-order valence-electron chi connectivity index (χ3n) is 1.86. The van der Waals surface area contributed by atoms with Crippen LogP contribution in [-0.2, 0) is 0 Å². The van der Waals surface area contributed by atoms with Crippen LogP contribution in [0.2, 0.25) is 0 Å². The number of hydrogen-bond donors (Lipinski definition) is 2. The third kappa shape index (κ3) is 4.06. The first-order valence-electron chi connectivity index (χ1n) is 4.91. The highest BCUT2D eigenvalue weighted by atomic mass is 79.9. The molecule has 5 nitrogen and oxygen atoms in total. The van der Waals surface area contributed by atoms with Crippen molar-refractivity contribution < 1.29 is 4.79 Å². The van der Waals surface area contributed by atoms with Gasteiger partial charge in [0.15, 0.2) is 0 Å². The summed E-state index contributed by atoms with van der Waals surface area (Å²) in [6.07, 6.45) is 1.71. The van der Waals surface area contributed by atoms with E-state index in [4.69, 9.17) is 0 Å². The molecule has 0 fully saturated rings. The van der Waals surface area contributed by atoms with E-state index in [0.717, 1.165) is 10.3 Å². The van der Waals surface area contributed by atoms with Crippen molar-refractivity contribution in [3.05, 3.63) is 22.8 Å². The number of anilines is 1. The predicted octanol–water partition coefficient (Wildman–Crippen LogP) is 1.53. The summed E-state index contributed by atoms with van der Waals surface area (Å²) in [5, 5.41) is 5.87. The summed E-state index contributed by atoms with van der Waals surface area (Å²) in [7, 11) is 3.41. The van der Waals surface area contributed by atoms with E-state index in [-0.39, 0.29) is 6.03 Å². The van der Waals surface area contributed by atoms with Crippen molar-refractivity contribution in [2.24, 2.45) is 0 Å². The third-order valence-corrected chi connectivity index (χ3v) is 2.50. The van der Waals surface area contributed by atoms with Crippen LogP contribution in [0.15, 0.2) is 22.8 Å². The highest BCUT2D eigenvalue weighted by Gasteiger charge is 2.02. The minimum Gasteiger partial charge on any atom is -0.367 e. The molecular formula is C10H15BrN4O. The topological polar surface area (TPSA) is 57.3 Å². The van der Waals surface area contributed by atoms with Gasteiger partial charge in [-0.15, -0.1) is 0 Å². The number of nitrogens with zero attached hydrogens (tertiary/aromatic N) is 2. The van der Waals surface area contributed by atoms with Crippen molar-refractivity contribution in [3.63, 3.8) is 0 Å². The summed E-state index contributed by atoms with van der Waals surface area (Å²) in [6, 6.07) is 3.67. The summed E-state index contributed by atoms with van der Waals surface area (Å²) < 4.78 is 0.911. The highest BCUT2D eigenvalue weighted by Crippen LogP contribution is 2.17. The maximum Gasteiger partial charge on any atom is 0.316 e. The van der Waals surface area contributed by atoms with Crippen molar-refractivity contribution in [2.45, 2.75) is 0 Å². The smallest absolute Gasteiger partial charge is 0.316 e. The number of carbonyl (C=O) groups excluding carboxylic acids is 1. The first kappa shape index (κ1) is 12.8. The van der Waals surface area contributed by atoms with Gasteiger partial charge < -0.3 is 15.5 Å². The van der Waals surface area contributed by atoms with Gasteiger partial charge in [0, 0.05) is 33.4 Å². The zero-order chi connectivity index (χ0) is 12.0. The zero-order valence-electron chi connectivity index (χ0n) is 9.33. The molecule has 0 saturated carbocycles. The first-order chi connectivity index (χ1) is 7.61. The Kier molecular flexibility index (Phi) is 5.04. The number of pyridine rings is 1. The highest BCUT2D eigenvalue weighted by molar-refractivity contribution is 9.10. The van der Waals surface area contributed by atoms with E-state index in [1.165, 1.54) is 4.90 Å². The fraction of sp³-hybridized carbons (Fsp3) is 0.400. The Balaban J connectivity index is 2.26. The number of rotatable bonds is 4.